The number of hydrogen-bond donors (Lipinski definition) is 1. The molecule has 0 spiro atoms. The first kappa shape index (κ1) is 8.24. The topological polar surface area (TPSA) is 38.4 Å². The third-order valence-corrected chi connectivity index (χ3v) is 0.772. The highest BCUT2D eigenvalue weighted by Crippen LogP contribution is 2.01. The fourth-order valence-corrected chi connectivity index (χ4v) is 0.574. The van der Waals surface area contributed by atoms with Gasteiger partial charge in [-0.3, -0.25) is 0 Å². The first-order chi connectivity index (χ1) is 4.16. The highest BCUT2D eigenvalue weighted by molar-refractivity contribution is 6.31. The minimum absolute atomic E-state index is 0.479. The molecule has 0 saturated heterocycles. The summed E-state index contributed by atoms with van der Waals surface area (Å²) in [5.41, 5.74) is 0.887. The van der Waals surface area contributed by atoms with E-state index in [2.05, 4.69) is 11.7 Å². The van der Waals surface area contributed by atoms with Gasteiger partial charge in [0.15, 0.2) is 0 Å². The van der Waals surface area contributed by atoms with Crippen LogP contribution in [0.25, 0.3) is 0 Å². The van der Waals surface area contributed by atoms with Crippen molar-refractivity contribution in [3.05, 3.63) is 23.3 Å². The lowest BCUT2D eigenvalue weighted by molar-refractivity contribution is 1.26. The molecule has 0 atom stereocenters. The maximum absolute atomic E-state index is 5.44. The summed E-state index contributed by atoms with van der Waals surface area (Å²) in [6.07, 6.45) is 3.19. The van der Waals surface area contributed by atoms with Crippen LogP contribution in [0, 0.1) is 0 Å². The van der Waals surface area contributed by atoms with E-state index in [0.29, 0.717) is 5.03 Å². The summed E-state index contributed by atoms with van der Waals surface area (Å²) in [5, 5.41) is 3.77. The molecule has 2 N–H and O–H groups in total. The highest BCUT2D eigenvalue weighted by Gasteiger charge is 1.81. The number of hydrogen-bond acceptors (Lipinski definition) is 2. The summed E-state index contributed by atoms with van der Waals surface area (Å²) >= 11 is 5.44. The molecule has 2 nitrogen and oxygen atoms in total. The van der Waals surface area contributed by atoms with Crippen LogP contribution in [-0.4, -0.2) is 6.21 Å². The fourth-order valence-electron chi connectivity index (χ4n) is 0.402. The predicted molar refractivity (Wildman–Crippen MR) is 41.4 cm³/mol. The lowest BCUT2D eigenvalue weighted by Gasteiger charge is -1.86. The second-order valence-electron chi connectivity index (χ2n) is 1.61. The third-order valence-electron chi connectivity index (χ3n) is 0.662. The number of allylic oxidation sites excluding steroid dienone is 3. The van der Waals surface area contributed by atoms with Crippen molar-refractivity contribution in [2.75, 3.05) is 0 Å². The standard InChI is InChI=1S/C6H9ClN2/c1-5(4-9-8)3-6(2)7/h3-4H,2,8H2,1H3/b5-3-,9-4-. The Balaban J connectivity index is 4.00. The van der Waals surface area contributed by atoms with Gasteiger partial charge in [-0.15, -0.1) is 0 Å². The average Bonchev–Trinajstić information content (AvgIpc) is 1.63. The summed E-state index contributed by atoms with van der Waals surface area (Å²) in [6.45, 7) is 5.30. The molecule has 0 aliphatic rings. The zero-order chi connectivity index (χ0) is 7.28. The first-order valence-corrected chi connectivity index (χ1v) is 2.80. The van der Waals surface area contributed by atoms with Gasteiger partial charge in [-0.05, 0) is 18.6 Å². The molecule has 0 aliphatic heterocycles. The minimum Gasteiger partial charge on any atom is -0.323 e. The molecule has 0 aromatic heterocycles. The van der Waals surface area contributed by atoms with E-state index in [0.717, 1.165) is 5.57 Å². The Morgan fingerprint density at radius 1 is 1.78 bits per heavy atom. The van der Waals surface area contributed by atoms with Crippen molar-refractivity contribution >= 4 is 17.8 Å². The van der Waals surface area contributed by atoms with E-state index in [1.165, 1.54) is 6.21 Å². The summed E-state index contributed by atoms with van der Waals surface area (Å²) in [5.74, 6) is 4.86. The summed E-state index contributed by atoms with van der Waals surface area (Å²) in [7, 11) is 0. The second kappa shape index (κ2) is 4.15. The van der Waals surface area contributed by atoms with Crippen LogP contribution >= 0.6 is 11.6 Å². The fraction of sp³-hybridized carbons (Fsp3) is 0.167. The van der Waals surface area contributed by atoms with E-state index < -0.39 is 0 Å². The molecule has 0 aromatic rings. The van der Waals surface area contributed by atoms with E-state index >= 15 is 0 Å². The molecule has 0 bridgehead atoms. The Labute approximate surface area is 59.7 Å². The summed E-state index contributed by atoms with van der Waals surface area (Å²) in [4.78, 5) is 0. The molecule has 0 unspecified atom stereocenters. The number of nitrogens with two attached hydrogens (primary N) is 1. The van der Waals surface area contributed by atoms with Crippen LogP contribution in [0.1, 0.15) is 6.92 Å². The Morgan fingerprint density at radius 2 is 2.33 bits per heavy atom. The average molecular weight is 145 g/mol. The highest BCUT2D eigenvalue weighted by atomic mass is 35.5. The minimum atomic E-state index is 0.479. The quantitative estimate of drug-likeness (QED) is 0.272. The molecular weight excluding hydrogens is 136 g/mol. The van der Waals surface area contributed by atoms with Crippen molar-refractivity contribution in [1.29, 1.82) is 0 Å². The molecule has 9 heavy (non-hydrogen) atoms. The molecule has 0 heterocycles. The van der Waals surface area contributed by atoms with E-state index in [1.807, 2.05) is 6.92 Å². The molecule has 0 saturated carbocycles. The normalized spacial score (nSPS) is 12.4. The van der Waals surface area contributed by atoms with Crippen LogP contribution in [0.4, 0.5) is 0 Å². The molecule has 50 valence electrons. The van der Waals surface area contributed by atoms with Gasteiger partial charge in [0.1, 0.15) is 0 Å². The maximum atomic E-state index is 5.44. The van der Waals surface area contributed by atoms with Crippen molar-refractivity contribution in [3.8, 4) is 0 Å². The lowest BCUT2D eigenvalue weighted by Crippen LogP contribution is -1.83. The second-order valence-corrected chi connectivity index (χ2v) is 2.10. The molecular formula is C6H9ClN2. The van der Waals surface area contributed by atoms with E-state index in [1.54, 1.807) is 6.08 Å². The molecule has 0 aromatic carbocycles. The zero-order valence-corrected chi connectivity index (χ0v) is 6.02. The van der Waals surface area contributed by atoms with Gasteiger partial charge in [-0.1, -0.05) is 18.2 Å². The molecule has 0 rings (SSSR count). The lowest BCUT2D eigenvalue weighted by atomic mass is 10.3. The number of halogens is 1. The maximum Gasteiger partial charge on any atom is 0.0495 e. The third kappa shape index (κ3) is 5.11. The van der Waals surface area contributed by atoms with Crippen molar-refractivity contribution in [1.82, 2.24) is 0 Å². The van der Waals surface area contributed by atoms with Gasteiger partial charge in [0.05, 0.1) is 0 Å². The van der Waals surface area contributed by atoms with Crippen molar-refractivity contribution in [2.24, 2.45) is 10.9 Å². The molecule has 0 amide bonds. The Kier molecular flexibility index (Phi) is 3.80. The van der Waals surface area contributed by atoms with Crippen LogP contribution in [0.5, 0.6) is 0 Å². The van der Waals surface area contributed by atoms with Gasteiger partial charge in [-0.25, -0.2) is 0 Å². The van der Waals surface area contributed by atoms with Crippen molar-refractivity contribution in [3.63, 3.8) is 0 Å². The van der Waals surface area contributed by atoms with E-state index in [9.17, 15) is 0 Å². The Bertz CT molecular complexity index is 158. The summed E-state index contributed by atoms with van der Waals surface area (Å²) in [6, 6.07) is 0. The SMILES string of the molecule is C=C(Cl)/C=C(C)\C=N/N. The van der Waals surface area contributed by atoms with Gasteiger partial charge in [0.2, 0.25) is 0 Å². The number of nitrogens with zero attached hydrogens (tertiary/aromatic N) is 1. The molecule has 0 radical (unpaired) electrons. The van der Waals surface area contributed by atoms with Gasteiger partial charge >= 0.3 is 0 Å². The van der Waals surface area contributed by atoms with Crippen LogP contribution in [0.2, 0.25) is 0 Å². The molecule has 3 heteroatoms. The Hall–Kier alpha value is -0.760. The monoisotopic (exact) mass is 144 g/mol. The Morgan fingerprint density at radius 3 is 2.67 bits per heavy atom. The van der Waals surface area contributed by atoms with Crippen LogP contribution < -0.4 is 5.84 Å². The van der Waals surface area contributed by atoms with Crippen LogP contribution in [0.3, 0.4) is 0 Å². The van der Waals surface area contributed by atoms with Gasteiger partial charge < -0.3 is 5.84 Å². The van der Waals surface area contributed by atoms with E-state index in [4.69, 9.17) is 17.4 Å². The van der Waals surface area contributed by atoms with Crippen molar-refractivity contribution < 1.29 is 0 Å². The van der Waals surface area contributed by atoms with Gasteiger partial charge in [-0.2, -0.15) is 5.10 Å². The van der Waals surface area contributed by atoms with E-state index in [-0.39, 0.29) is 0 Å². The predicted octanol–water partition coefficient (Wildman–Crippen LogP) is 1.63. The summed E-state index contributed by atoms with van der Waals surface area (Å²) < 4.78 is 0. The number of rotatable bonds is 2. The smallest absolute Gasteiger partial charge is 0.0495 e. The van der Waals surface area contributed by atoms with Gasteiger partial charge in [0.25, 0.3) is 0 Å². The molecule has 0 aliphatic carbocycles. The molecule has 0 fully saturated rings. The zero-order valence-electron chi connectivity index (χ0n) is 5.26. The van der Waals surface area contributed by atoms with Crippen LogP contribution in [0.15, 0.2) is 28.4 Å². The first-order valence-electron chi connectivity index (χ1n) is 2.42. The van der Waals surface area contributed by atoms with Crippen LogP contribution in [-0.2, 0) is 0 Å². The van der Waals surface area contributed by atoms with Crippen molar-refractivity contribution in [2.45, 2.75) is 6.92 Å². The number of hydrazone groups is 1. The largest absolute Gasteiger partial charge is 0.323 e. The van der Waals surface area contributed by atoms with Gasteiger partial charge in [0, 0.05) is 11.2 Å².